The SMILES string of the molecule is CCCC=C[C@H]1CC[C@H](CCc2ccc(-c3ccc(F)c(F)c3)nc2)CC1. The molecule has 144 valence electrons. The molecule has 0 radical (unpaired) electrons. The first kappa shape index (κ1) is 19.7. The van der Waals surface area contributed by atoms with Crippen LogP contribution < -0.4 is 0 Å². The number of halogens is 2. The monoisotopic (exact) mass is 369 g/mol. The van der Waals surface area contributed by atoms with Gasteiger partial charge in [-0.3, -0.25) is 4.98 Å². The summed E-state index contributed by atoms with van der Waals surface area (Å²) < 4.78 is 26.4. The van der Waals surface area contributed by atoms with Gasteiger partial charge in [-0.05, 0) is 86.6 Å². The summed E-state index contributed by atoms with van der Waals surface area (Å²) in [6.45, 7) is 2.22. The van der Waals surface area contributed by atoms with Gasteiger partial charge in [0, 0.05) is 11.8 Å². The van der Waals surface area contributed by atoms with Gasteiger partial charge >= 0.3 is 0 Å². The first-order valence-corrected chi connectivity index (χ1v) is 10.2. The molecular weight excluding hydrogens is 340 g/mol. The number of hydrogen-bond acceptors (Lipinski definition) is 1. The van der Waals surface area contributed by atoms with E-state index in [-0.39, 0.29) is 0 Å². The van der Waals surface area contributed by atoms with Crippen LogP contribution in [-0.2, 0) is 6.42 Å². The smallest absolute Gasteiger partial charge is 0.159 e. The highest BCUT2D eigenvalue weighted by Gasteiger charge is 2.19. The van der Waals surface area contributed by atoms with E-state index in [0.717, 1.165) is 24.3 Å². The zero-order valence-corrected chi connectivity index (χ0v) is 16.1. The van der Waals surface area contributed by atoms with Crippen molar-refractivity contribution in [3.63, 3.8) is 0 Å². The summed E-state index contributed by atoms with van der Waals surface area (Å²) in [6.07, 6.45) is 16.6. The van der Waals surface area contributed by atoms with Crippen LogP contribution in [0.2, 0.25) is 0 Å². The Bertz CT molecular complexity index is 743. The molecule has 2 aromatic rings. The van der Waals surface area contributed by atoms with Crippen LogP contribution in [0, 0.1) is 23.5 Å². The molecule has 0 amide bonds. The number of aryl methyl sites for hydroxylation is 1. The van der Waals surface area contributed by atoms with Crippen LogP contribution in [0.5, 0.6) is 0 Å². The minimum atomic E-state index is -0.835. The molecule has 1 fully saturated rings. The molecule has 0 aliphatic heterocycles. The molecule has 1 saturated carbocycles. The van der Waals surface area contributed by atoms with Crippen LogP contribution in [0.15, 0.2) is 48.7 Å². The van der Waals surface area contributed by atoms with Crippen molar-refractivity contribution in [3.8, 4) is 11.3 Å². The van der Waals surface area contributed by atoms with E-state index in [9.17, 15) is 8.78 Å². The first-order valence-electron chi connectivity index (χ1n) is 10.2. The normalized spacial score (nSPS) is 20.3. The molecule has 1 aromatic heterocycles. The summed E-state index contributed by atoms with van der Waals surface area (Å²) >= 11 is 0. The van der Waals surface area contributed by atoms with Crippen molar-refractivity contribution in [3.05, 3.63) is 65.9 Å². The predicted molar refractivity (Wildman–Crippen MR) is 107 cm³/mol. The molecule has 1 aliphatic carbocycles. The molecule has 1 aliphatic rings. The van der Waals surface area contributed by atoms with Crippen molar-refractivity contribution in [1.82, 2.24) is 4.98 Å². The third-order valence-electron chi connectivity index (χ3n) is 5.64. The molecule has 0 unspecified atom stereocenters. The molecule has 0 saturated heterocycles. The van der Waals surface area contributed by atoms with Crippen molar-refractivity contribution < 1.29 is 8.78 Å². The number of nitrogens with zero attached hydrogens (tertiary/aromatic N) is 1. The molecule has 3 heteroatoms. The van der Waals surface area contributed by atoms with Gasteiger partial charge in [0.05, 0.1) is 5.69 Å². The fourth-order valence-corrected chi connectivity index (χ4v) is 3.89. The maximum absolute atomic E-state index is 13.4. The maximum Gasteiger partial charge on any atom is 0.159 e. The van der Waals surface area contributed by atoms with E-state index in [2.05, 4.69) is 30.1 Å². The van der Waals surface area contributed by atoms with Crippen LogP contribution in [0.4, 0.5) is 8.78 Å². The van der Waals surface area contributed by atoms with Crippen LogP contribution in [0.25, 0.3) is 11.3 Å². The summed E-state index contributed by atoms with van der Waals surface area (Å²) in [5, 5.41) is 0. The second-order valence-electron chi connectivity index (χ2n) is 7.72. The van der Waals surface area contributed by atoms with Crippen LogP contribution in [-0.4, -0.2) is 4.98 Å². The molecule has 0 bridgehead atoms. The second-order valence-corrected chi connectivity index (χ2v) is 7.72. The number of rotatable bonds is 7. The van der Waals surface area contributed by atoms with Gasteiger partial charge in [-0.1, -0.05) is 31.6 Å². The van der Waals surface area contributed by atoms with Crippen molar-refractivity contribution in [2.75, 3.05) is 0 Å². The summed E-state index contributed by atoms with van der Waals surface area (Å²) in [6, 6.07) is 7.87. The Morgan fingerprint density at radius 3 is 2.52 bits per heavy atom. The Labute approximate surface area is 161 Å². The van der Waals surface area contributed by atoms with Crippen LogP contribution >= 0.6 is 0 Å². The Morgan fingerprint density at radius 2 is 1.85 bits per heavy atom. The molecule has 1 nitrogen and oxygen atoms in total. The lowest BCUT2D eigenvalue weighted by Gasteiger charge is -2.26. The Balaban J connectivity index is 1.47. The van der Waals surface area contributed by atoms with Crippen molar-refractivity contribution in [1.29, 1.82) is 0 Å². The van der Waals surface area contributed by atoms with E-state index in [1.54, 1.807) is 6.07 Å². The van der Waals surface area contributed by atoms with Crippen LogP contribution in [0.3, 0.4) is 0 Å². The van der Waals surface area contributed by atoms with Crippen LogP contribution in [0.1, 0.15) is 57.4 Å². The highest BCUT2D eigenvalue weighted by Crippen LogP contribution is 2.32. The third kappa shape index (κ3) is 5.72. The van der Waals surface area contributed by atoms with E-state index < -0.39 is 11.6 Å². The summed E-state index contributed by atoms with van der Waals surface area (Å²) in [5.74, 6) is -0.0685. The van der Waals surface area contributed by atoms with Gasteiger partial charge in [-0.15, -0.1) is 0 Å². The van der Waals surface area contributed by atoms with Gasteiger partial charge in [0.25, 0.3) is 0 Å². The standard InChI is InChI=1S/C24H29F2N/c1-2-3-4-5-18-6-8-19(9-7-18)10-11-20-12-15-24(27-17-20)21-13-14-22(25)23(26)16-21/h4-5,12-19H,2-3,6-11H2,1H3/t18-,19-. The lowest BCUT2D eigenvalue weighted by atomic mass is 9.79. The third-order valence-corrected chi connectivity index (χ3v) is 5.64. The lowest BCUT2D eigenvalue weighted by Crippen LogP contribution is -2.13. The zero-order chi connectivity index (χ0) is 19.1. The van der Waals surface area contributed by atoms with Gasteiger partial charge in [0.2, 0.25) is 0 Å². The number of pyridine rings is 1. The molecule has 1 aromatic carbocycles. The molecule has 0 N–H and O–H groups in total. The van der Waals surface area contributed by atoms with Crippen molar-refractivity contribution in [2.45, 2.75) is 58.3 Å². The number of allylic oxidation sites excluding steroid dienone is 2. The lowest BCUT2D eigenvalue weighted by molar-refractivity contribution is 0.296. The van der Waals surface area contributed by atoms with Crippen molar-refractivity contribution in [2.24, 2.45) is 11.8 Å². The first-order chi connectivity index (χ1) is 13.2. The minimum Gasteiger partial charge on any atom is -0.256 e. The largest absolute Gasteiger partial charge is 0.256 e. The number of unbranched alkanes of at least 4 members (excludes halogenated alkanes) is 1. The second kappa shape index (κ2) is 9.77. The van der Waals surface area contributed by atoms with Gasteiger partial charge in [0.1, 0.15) is 0 Å². The van der Waals surface area contributed by atoms with Gasteiger partial charge in [0.15, 0.2) is 11.6 Å². The molecule has 3 rings (SSSR count). The molecule has 27 heavy (non-hydrogen) atoms. The molecule has 1 heterocycles. The number of benzene rings is 1. The average Bonchev–Trinajstić information content (AvgIpc) is 2.70. The quantitative estimate of drug-likeness (QED) is 0.473. The zero-order valence-electron chi connectivity index (χ0n) is 16.1. The Kier molecular flexibility index (Phi) is 7.14. The highest BCUT2D eigenvalue weighted by molar-refractivity contribution is 5.59. The Morgan fingerprint density at radius 1 is 1.04 bits per heavy atom. The van der Waals surface area contributed by atoms with Gasteiger partial charge in [-0.2, -0.15) is 0 Å². The van der Waals surface area contributed by atoms with E-state index in [1.807, 2.05) is 12.3 Å². The van der Waals surface area contributed by atoms with Gasteiger partial charge in [-0.25, -0.2) is 8.78 Å². The van der Waals surface area contributed by atoms with E-state index in [0.29, 0.717) is 11.3 Å². The fourth-order valence-electron chi connectivity index (χ4n) is 3.89. The maximum atomic E-state index is 13.4. The van der Waals surface area contributed by atoms with Crippen molar-refractivity contribution >= 4 is 0 Å². The fraction of sp³-hybridized carbons (Fsp3) is 0.458. The highest BCUT2D eigenvalue weighted by atomic mass is 19.2. The van der Waals surface area contributed by atoms with E-state index in [4.69, 9.17) is 0 Å². The Hall–Kier alpha value is -2.03. The van der Waals surface area contributed by atoms with E-state index in [1.165, 1.54) is 56.6 Å². The number of hydrogen-bond donors (Lipinski definition) is 0. The minimum absolute atomic E-state index is 0.606. The average molecular weight is 369 g/mol. The summed E-state index contributed by atoms with van der Waals surface area (Å²) in [5.41, 5.74) is 2.50. The van der Waals surface area contributed by atoms with E-state index >= 15 is 0 Å². The predicted octanol–water partition coefficient (Wildman–Crippen LogP) is 7.12. The van der Waals surface area contributed by atoms with Gasteiger partial charge < -0.3 is 0 Å². The topological polar surface area (TPSA) is 12.9 Å². The molecule has 0 atom stereocenters. The summed E-state index contributed by atoms with van der Waals surface area (Å²) in [7, 11) is 0. The molecule has 0 spiro atoms. The summed E-state index contributed by atoms with van der Waals surface area (Å²) in [4.78, 5) is 4.44. The number of aromatic nitrogens is 1. The molecular formula is C24H29F2N.